The Morgan fingerprint density at radius 3 is 1.69 bits per heavy atom. The maximum atomic E-state index is 2.27. The van der Waals surface area contributed by atoms with Crippen LogP contribution in [-0.2, 0) is 0 Å². The molecule has 0 radical (unpaired) electrons. The van der Waals surface area contributed by atoms with Gasteiger partial charge in [-0.25, -0.2) is 0 Å². The first-order valence-corrected chi connectivity index (χ1v) is 5.56. The zero-order chi connectivity index (χ0) is 9.23. The quantitative estimate of drug-likeness (QED) is 0.312. The van der Waals surface area contributed by atoms with Crippen molar-refractivity contribution in [3.05, 3.63) is 5.92 Å². The largest absolute Gasteiger partial charge is 1.00 e. The molecule has 0 amide bonds. The normalized spacial score (nSPS) is 10.2. The van der Waals surface area contributed by atoms with Crippen molar-refractivity contribution < 1.29 is 29.6 Å². The molecule has 1 heteroatoms. The minimum Gasteiger partial charge on any atom is -0.320 e. The van der Waals surface area contributed by atoms with Crippen LogP contribution in [0, 0.1) is 5.92 Å². The Bertz CT molecular complexity index is 79.2. The standard InChI is InChI=1S/C12H25.Na/c1-4-5-6-7-8-9-10-11-12(2)3;/h4-11H2,1-3H3;/q-1;+1. The van der Waals surface area contributed by atoms with Crippen LogP contribution < -0.4 is 29.6 Å². The predicted octanol–water partition coefficient (Wildman–Crippen LogP) is 1.75. The van der Waals surface area contributed by atoms with Crippen LogP contribution in [-0.4, -0.2) is 0 Å². The molecule has 0 rings (SSSR count). The Hall–Kier alpha value is 1.00. The molecule has 13 heavy (non-hydrogen) atoms. The van der Waals surface area contributed by atoms with Crippen LogP contribution in [0.5, 0.6) is 0 Å². The van der Waals surface area contributed by atoms with E-state index in [4.69, 9.17) is 0 Å². The topological polar surface area (TPSA) is 0 Å². The van der Waals surface area contributed by atoms with Crippen molar-refractivity contribution in [3.8, 4) is 0 Å². The zero-order valence-electron chi connectivity index (χ0n) is 10.2. The summed E-state index contributed by atoms with van der Waals surface area (Å²) in [5.74, 6) is 1.59. The maximum absolute atomic E-state index is 2.27. The summed E-state index contributed by atoms with van der Waals surface area (Å²) in [6.45, 7) is 6.74. The maximum Gasteiger partial charge on any atom is 1.00 e. The molecule has 0 saturated heterocycles. The second-order valence-corrected chi connectivity index (χ2v) is 4.08. The van der Waals surface area contributed by atoms with Crippen LogP contribution in [0.3, 0.4) is 0 Å². The van der Waals surface area contributed by atoms with Gasteiger partial charge in [-0.1, -0.05) is 51.9 Å². The van der Waals surface area contributed by atoms with Crippen molar-refractivity contribution in [2.75, 3.05) is 0 Å². The van der Waals surface area contributed by atoms with Gasteiger partial charge in [-0.2, -0.15) is 20.3 Å². The van der Waals surface area contributed by atoms with Gasteiger partial charge >= 0.3 is 29.6 Å². The van der Waals surface area contributed by atoms with Gasteiger partial charge in [0.25, 0.3) is 0 Å². The molecule has 0 saturated carbocycles. The van der Waals surface area contributed by atoms with Gasteiger partial charge in [-0.3, -0.25) is 0 Å². The molecule has 0 bridgehead atoms. The summed E-state index contributed by atoms with van der Waals surface area (Å²) in [6, 6.07) is 0. The third kappa shape index (κ3) is 15.7. The van der Waals surface area contributed by atoms with Crippen molar-refractivity contribution in [1.82, 2.24) is 0 Å². The second-order valence-electron chi connectivity index (χ2n) is 4.08. The number of hydrogen-bond donors (Lipinski definition) is 0. The van der Waals surface area contributed by atoms with E-state index in [-0.39, 0.29) is 29.6 Å². The first-order valence-electron chi connectivity index (χ1n) is 5.56. The average molecular weight is 192 g/mol. The fraction of sp³-hybridized carbons (Fsp3) is 0.917. The molecule has 0 atom stereocenters. The van der Waals surface area contributed by atoms with Gasteiger partial charge in [0.05, 0.1) is 0 Å². The first kappa shape index (κ1) is 16.4. The SMILES string of the molecule is CCCCCCCCC[C-](C)C.[Na+]. The minimum absolute atomic E-state index is 0. The van der Waals surface area contributed by atoms with Gasteiger partial charge in [0, 0.05) is 0 Å². The van der Waals surface area contributed by atoms with E-state index < -0.39 is 0 Å². The molecule has 0 aliphatic heterocycles. The molecule has 0 heterocycles. The van der Waals surface area contributed by atoms with E-state index >= 15 is 0 Å². The molecule has 0 N–H and O–H groups in total. The fourth-order valence-corrected chi connectivity index (χ4v) is 1.44. The summed E-state index contributed by atoms with van der Waals surface area (Å²) in [7, 11) is 0. The molecule has 0 unspecified atom stereocenters. The number of rotatable bonds is 8. The van der Waals surface area contributed by atoms with Gasteiger partial charge in [0.1, 0.15) is 0 Å². The summed E-state index contributed by atoms with van der Waals surface area (Å²) in [5, 5.41) is 0. The Balaban J connectivity index is 0. The van der Waals surface area contributed by atoms with E-state index in [2.05, 4.69) is 20.8 Å². The molecule has 0 aromatic carbocycles. The summed E-state index contributed by atoms with van der Waals surface area (Å²) in [6.07, 6.45) is 11.3. The molecule has 74 valence electrons. The zero-order valence-corrected chi connectivity index (χ0v) is 12.2. The van der Waals surface area contributed by atoms with E-state index in [0.29, 0.717) is 0 Å². The van der Waals surface area contributed by atoms with Gasteiger partial charge in [-0.05, 0) is 0 Å². The summed E-state index contributed by atoms with van der Waals surface area (Å²) in [4.78, 5) is 0. The molecular formula is C12H25Na. The first-order chi connectivity index (χ1) is 5.77. The molecule has 0 aromatic heterocycles. The van der Waals surface area contributed by atoms with Crippen LogP contribution in [0.4, 0.5) is 0 Å². The number of unbranched alkanes of at least 4 members (excludes halogenated alkanes) is 6. The van der Waals surface area contributed by atoms with Crippen LogP contribution >= 0.6 is 0 Å². The van der Waals surface area contributed by atoms with Crippen molar-refractivity contribution >= 4 is 0 Å². The van der Waals surface area contributed by atoms with Gasteiger partial charge in [0.2, 0.25) is 0 Å². The van der Waals surface area contributed by atoms with E-state index in [0.717, 1.165) is 0 Å². The predicted molar refractivity (Wildman–Crippen MR) is 57.2 cm³/mol. The fourth-order valence-electron chi connectivity index (χ4n) is 1.44. The van der Waals surface area contributed by atoms with Crippen LogP contribution in [0.15, 0.2) is 0 Å². The van der Waals surface area contributed by atoms with Crippen molar-refractivity contribution in [2.45, 2.75) is 72.1 Å². The monoisotopic (exact) mass is 192 g/mol. The molecular weight excluding hydrogens is 167 g/mol. The van der Waals surface area contributed by atoms with Gasteiger partial charge in [0.15, 0.2) is 0 Å². The summed E-state index contributed by atoms with van der Waals surface area (Å²) < 4.78 is 0. The van der Waals surface area contributed by atoms with Gasteiger partial charge < -0.3 is 5.92 Å². The molecule has 0 spiro atoms. The van der Waals surface area contributed by atoms with E-state index in [1.54, 1.807) is 5.92 Å². The van der Waals surface area contributed by atoms with E-state index in [1.165, 1.54) is 51.4 Å². The molecule has 0 aromatic rings. The Kier molecular flexibility index (Phi) is 16.4. The Morgan fingerprint density at radius 2 is 1.23 bits per heavy atom. The van der Waals surface area contributed by atoms with Gasteiger partial charge in [-0.15, -0.1) is 0 Å². The second kappa shape index (κ2) is 13.0. The molecule has 0 aliphatic rings. The molecule has 0 fully saturated rings. The average Bonchev–Trinajstić information content (AvgIpc) is 2.02. The Morgan fingerprint density at radius 1 is 0.769 bits per heavy atom. The van der Waals surface area contributed by atoms with Crippen molar-refractivity contribution in [3.63, 3.8) is 0 Å². The Labute approximate surface area is 107 Å². The van der Waals surface area contributed by atoms with Crippen molar-refractivity contribution in [2.24, 2.45) is 0 Å². The minimum atomic E-state index is 0. The van der Waals surface area contributed by atoms with Crippen LogP contribution in [0.1, 0.15) is 72.1 Å². The van der Waals surface area contributed by atoms with Crippen LogP contribution in [0.25, 0.3) is 0 Å². The van der Waals surface area contributed by atoms with Crippen molar-refractivity contribution in [1.29, 1.82) is 0 Å². The third-order valence-corrected chi connectivity index (χ3v) is 2.28. The third-order valence-electron chi connectivity index (χ3n) is 2.28. The smallest absolute Gasteiger partial charge is 0.320 e. The van der Waals surface area contributed by atoms with Crippen LogP contribution in [0.2, 0.25) is 0 Å². The number of hydrogen-bond acceptors (Lipinski definition) is 0. The molecule has 0 aliphatic carbocycles. The van der Waals surface area contributed by atoms with E-state index in [1.807, 2.05) is 0 Å². The summed E-state index contributed by atoms with van der Waals surface area (Å²) >= 11 is 0. The van der Waals surface area contributed by atoms with E-state index in [9.17, 15) is 0 Å². The summed E-state index contributed by atoms with van der Waals surface area (Å²) in [5.41, 5.74) is 0. The molecule has 0 nitrogen and oxygen atoms in total.